The fourth-order valence-corrected chi connectivity index (χ4v) is 1.38. The van der Waals surface area contributed by atoms with Crippen molar-refractivity contribution in [3.05, 3.63) is 47.7 Å². The van der Waals surface area contributed by atoms with Gasteiger partial charge in [-0.1, -0.05) is 12.1 Å². The third-order valence-corrected chi connectivity index (χ3v) is 2.16. The Bertz CT molecular complexity index is 526. The van der Waals surface area contributed by atoms with E-state index in [4.69, 9.17) is 0 Å². The minimum Gasteiger partial charge on any atom is -0.311 e. The number of hydrogen-bond acceptors (Lipinski definition) is 2. The van der Waals surface area contributed by atoms with Crippen molar-refractivity contribution in [1.82, 2.24) is 10.2 Å². The van der Waals surface area contributed by atoms with E-state index in [9.17, 15) is 13.6 Å². The summed E-state index contributed by atoms with van der Waals surface area (Å²) in [4.78, 5) is 11.5. The Hall–Kier alpha value is -2.24. The zero-order chi connectivity index (χ0) is 12.3. The highest BCUT2D eigenvalue weighted by molar-refractivity contribution is 5.91. The van der Waals surface area contributed by atoms with E-state index < -0.39 is 17.5 Å². The van der Waals surface area contributed by atoms with Gasteiger partial charge in [0.25, 0.3) is 0 Å². The summed E-state index contributed by atoms with van der Waals surface area (Å²) in [5.74, 6) is -1.99. The maximum absolute atomic E-state index is 13.3. The summed E-state index contributed by atoms with van der Waals surface area (Å²) in [5, 5.41) is 8.64. The number of rotatable bonds is 3. The second-order valence-corrected chi connectivity index (χ2v) is 3.41. The Morgan fingerprint density at radius 3 is 2.88 bits per heavy atom. The van der Waals surface area contributed by atoms with Crippen molar-refractivity contribution in [3.63, 3.8) is 0 Å². The number of H-pyrrole nitrogens is 1. The first-order valence-electron chi connectivity index (χ1n) is 4.89. The van der Waals surface area contributed by atoms with Gasteiger partial charge >= 0.3 is 0 Å². The molecule has 0 saturated heterocycles. The lowest BCUT2D eigenvalue weighted by Gasteiger charge is -2.04. The Kier molecular flexibility index (Phi) is 3.13. The average molecular weight is 237 g/mol. The summed E-state index contributed by atoms with van der Waals surface area (Å²) in [6.45, 7) is 0. The Morgan fingerprint density at radius 1 is 1.35 bits per heavy atom. The van der Waals surface area contributed by atoms with Gasteiger partial charge in [0.15, 0.2) is 11.6 Å². The molecule has 6 heteroatoms. The molecule has 0 radical (unpaired) electrons. The van der Waals surface area contributed by atoms with Crippen LogP contribution in [0.2, 0.25) is 0 Å². The molecule has 1 heterocycles. The van der Waals surface area contributed by atoms with Crippen molar-refractivity contribution < 1.29 is 13.6 Å². The number of carbonyl (C=O) groups excluding carboxylic acids is 1. The van der Waals surface area contributed by atoms with Crippen LogP contribution in [-0.2, 0) is 11.2 Å². The largest absolute Gasteiger partial charge is 0.311 e. The van der Waals surface area contributed by atoms with Crippen LogP contribution in [0.1, 0.15) is 5.56 Å². The number of nitrogens with one attached hydrogen (secondary N) is 2. The van der Waals surface area contributed by atoms with Crippen molar-refractivity contribution in [2.24, 2.45) is 0 Å². The number of anilines is 1. The monoisotopic (exact) mass is 237 g/mol. The molecule has 1 aromatic heterocycles. The molecule has 2 N–H and O–H groups in total. The number of amides is 1. The molecule has 17 heavy (non-hydrogen) atoms. The molecule has 2 aromatic rings. The molecule has 1 aromatic carbocycles. The predicted molar refractivity (Wildman–Crippen MR) is 57.3 cm³/mol. The molecule has 0 saturated carbocycles. The minimum absolute atomic E-state index is 0.0158. The molecule has 1 amide bonds. The first-order chi connectivity index (χ1) is 8.16. The first-order valence-corrected chi connectivity index (χ1v) is 4.89. The maximum Gasteiger partial charge on any atom is 0.230 e. The van der Waals surface area contributed by atoms with Crippen LogP contribution in [0.4, 0.5) is 14.6 Å². The van der Waals surface area contributed by atoms with Gasteiger partial charge in [-0.15, -0.1) is 0 Å². The fraction of sp³-hybridized carbons (Fsp3) is 0.0909. The highest BCUT2D eigenvalue weighted by atomic mass is 19.2. The van der Waals surface area contributed by atoms with Crippen molar-refractivity contribution in [2.75, 3.05) is 5.32 Å². The van der Waals surface area contributed by atoms with E-state index in [1.807, 2.05) is 0 Å². The molecule has 0 atom stereocenters. The molecule has 0 fully saturated rings. The molecule has 0 aliphatic heterocycles. The van der Waals surface area contributed by atoms with Crippen LogP contribution in [0, 0.1) is 11.6 Å². The van der Waals surface area contributed by atoms with Crippen LogP contribution in [0.5, 0.6) is 0 Å². The summed E-state index contributed by atoms with van der Waals surface area (Å²) >= 11 is 0. The smallest absolute Gasteiger partial charge is 0.230 e. The predicted octanol–water partition coefficient (Wildman–Crippen LogP) is 1.87. The zero-order valence-electron chi connectivity index (χ0n) is 8.71. The molecule has 0 spiro atoms. The van der Waals surface area contributed by atoms with E-state index in [2.05, 4.69) is 15.5 Å². The van der Waals surface area contributed by atoms with Gasteiger partial charge in [0, 0.05) is 11.6 Å². The van der Waals surface area contributed by atoms with E-state index in [0.717, 1.165) is 6.07 Å². The van der Waals surface area contributed by atoms with Crippen LogP contribution in [0.15, 0.2) is 30.5 Å². The molecule has 0 unspecified atom stereocenters. The lowest BCUT2D eigenvalue weighted by Crippen LogP contribution is -2.15. The Morgan fingerprint density at radius 2 is 2.18 bits per heavy atom. The quantitative estimate of drug-likeness (QED) is 0.856. The highest BCUT2D eigenvalue weighted by Gasteiger charge is 2.11. The number of aromatic nitrogens is 2. The number of aromatic amines is 1. The molecule has 0 bridgehead atoms. The molecule has 88 valence electrons. The van der Waals surface area contributed by atoms with Gasteiger partial charge in [0.1, 0.15) is 5.82 Å². The zero-order valence-corrected chi connectivity index (χ0v) is 8.71. The summed E-state index contributed by atoms with van der Waals surface area (Å²) in [6, 6.07) is 5.29. The SMILES string of the molecule is O=C(Cc1cccc(F)c1F)Nc1ccn[nH]1. The van der Waals surface area contributed by atoms with Crippen molar-refractivity contribution in [3.8, 4) is 0 Å². The van der Waals surface area contributed by atoms with Gasteiger partial charge in [-0.05, 0) is 6.07 Å². The second kappa shape index (κ2) is 4.73. The van der Waals surface area contributed by atoms with Crippen LogP contribution in [0.25, 0.3) is 0 Å². The standard InChI is InChI=1S/C11H9F2N3O/c12-8-3-1-2-7(11(8)13)6-10(17)15-9-4-5-14-16-9/h1-5H,6H2,(H2,14,15,16,17). The summed E-state index contributed by atoms with van der Waals surface area (Å²) in [5.41, 5.74) is 0.0158. The summed E-state index contributed by atoms with van der Waals surface area (Å²) in [7, 11) is 0. The second-order valence-electron chi connectivity index (χ2n) is 3.41. The first kappa shape index (κ1) is 11.3. The fourth-order valence-electron chi connectivity index (χ4n) is 1.38. The lowest BCUT2D eigenvalue weighted by atomic mass is 10.1. The van der Waals surface area contributed by atoms with E-state index >= 15 is 0 Å². The van der Waals surface area contributed by atoms with Crippen molar-refractivity contribution >= 4 is 11.7 Å². The molecular weight excluding hydrogens is 228 g/mol. The van der Waals surface area contributed by atoms with Gasteiger partial charge in [-0.2, -0.15) is 5.10 Å². The van der Waals surface area contributed by atoms with Crippen molar-refractivity contribution in [2.45, 2.75) is 6.42 Å². The van der Waals surface area contributed by atoms with Gasteiger partial charge in [0.05, 0.1) is 12.6 Å². The summed E-state index contributed by atoms with van der Waals surface area (Å²) < 4.78 is 26.1. The van der Waals surface area contributed by atoms with Gasteiger partial charge in [-0.3, -0.25) is 9.89 Å². The van der Waals surface area contributed by atoms with E-state index in [0.29, 0.717) is 5.82 Å². The van der Waals surface area contributed by atoms with Crippen LogP contribution in [0.3, 0.4) is 0 Å². The number of carbonyl (C=O) groups is 1. The lowest BCUT2D eigenvalue weighted by molar-refractivity contribution is -0.115. The molecule has 2 rings (SSSR count). The molecule has 0 aliphatic rings. The third kappa shape index (κ3) is 2.66. The summed E-state index contributed by atoms with van der Waals surface area (Å²) in [6.07, 6.45) is 1.24. The van der Waals surface area contributed by atoms with Gasteiger partial charge < -0.3 is 5.32 Å². The number of hydrogen-bond donors (Lipinski definition) is 2. The van der Waals surface area contributed by atoms with Crippen LogP contribution in [-0.4, -0.2) is 16.1 Å². The topological polar surface area (TPSA) is 57.8 Å². The number of halogens is 2. The van der Waals surface area contributed by atoms with Gasteiger partial charge in [0.2, 0.25) is 5.91 Å². The van der Waals surface area contributed by atoms with E-state index in [-0.39, 0.29) is 12.0 Å². The molecule has 4 nitrogen and oxygen atoms in total. The Labute approximate surface area is 95.7 Å². The van der Waals surface area contributed by atoms with Crippen LogP contribution < -0.4 is 5.32 Å². The van der Waals surface area contributed by atoms with Crippen molar-refractivity contribution in [1.29, 1.82) is 0 Å². The van der Waals surface area contributed by atoms with Crippen LogP contribution >= 0.6 is 0 Å². The van der Waals surface area contributed by atoms with E-state index in [1.54, 1.807) is 6.07 Å². The number of benzene rings is 1. The Balaban J connectivity index is 2.06. The molecule has 0 aliphatic carbocycles. The number of nitrogens with zero attached hydrogens (tertiary/aromatic N) is 1. The van der Waals surface area contributed by atoms with Gasteiger partial charge in [-0.25, -0.2) is 8.78 Å². The maximum atomic E-state index is 13.3. The highest BCUT2D eigenvalue weighted by Crippen LogP contribution is 2.12. The van der Waals surface area contributed by atoms with E-state index in [1.165, 1.54) is 18.3 Å². The third-order valence-electron chi connectivity index (χ3n) is 2.16. The average Bonchev–Trinajstić information content (AvgIpc) is 2.77. The normalized spacial score (nSPS) is 10.2. The minimum atomic E-state index is -0.993. The molecular formula is C11H9F2N3O.